The second kappa shape index (κ2) is 10.3. The van der Waals surface area contributed by atoms with Gasteiger partial charge in [0.15, 0.2) is 0 Å². The van der Waals surface area contributed by atoms with E-state index < -0.39 is 10.0 Å². The van der Waals surface area contributed by atoms with E-state index in [1.807, 2.05) is 18.2 Å². The third kappa shape index (κ3) is 4.95. The molecule has 192 valence electrons. The fourth-order valence-electron chi connectivity index (χ4n) is 5.18. The number of benzene rings is 4. The van der Waals surface area contributed by atoms with Gasteiger partial charge in [-0.15, -0.1) is 0 Å². The van der Waals surface area contributed by atoms with E-state index in [1.54, 1.807) is 52.8 Å². The Labute approximate surface area is 227 Å². The van der Waals surface area contributed by atoms with Crippen LogP contribution in [0.25, 0.3) is 22.0 Å². The van der Waals surface area contributed by atoms with Crippen LogP contribution in [0.15, 0.2) is 108 Å². The maximum absolute atomic E-state index is 13.5. The third-order valence-corrected chi connectivity index (χ3v) is 9.35. The zero-order valence-corrected chi connectivity index (χ0v) is 22.3. The number of nitrogens with one attached hydrogen (secondary N) is 1. The zero-order valence-electron chi connectivity index (χ0n) is 20.7. The Morgan fingerprint density at radius 2 is 1.55 bits per heavy atom. The van der Waals surface area contributed by atoms with Crippen LogP contribution < -0.4 is 4.74 Å². The summed E-state index contributed by atoms with van der Waals surface area (Å²) in [6.07, 6.45) is 3.62. The van der Waals surface area contributed by atoms with E-state index in [9.17, 15) is 8.42 Å². The van der Waals surface area contributed by atoms with Crippen molar-refractivity contribution >= 4 is 32.5 Å². The number of ether oxygens (including phenoxy) is 1. The van der Waals surface area contributed by atoms with Gasteiger partial charge in [0, 0.05) is 41.3 Å². The number of aromatic nitrogens is 1. The monoisotopic (exact) mass is 542 g/mol. The lowest BCUT2D eigenvalue weighted by molar-refractivity contribution is 0.320. The highest BCUT2D eigenvalue weighted by atomic mass is 35.5. The fourth-order valence-corrected chi connectivity index (χ4v) is 6.81. The molecule has 1 N–H and O–H groups in total. The van der Waals surface area contributed by atoms with Gasteiger partial charge in [-0.2, -0.15) is 4.31 Å². The SMILES string of the molecule is O=S(=O)(c1cccc(Oc2ccc(Cl)cc2)c1)N1CCC(c2c[nH]c3ccc(-c4ccccc4)cc23)CC1. The molecule has 1 fully saturated rings. The molecule has 0 radical (unpaired) electrons. The van der Waals surface area contributed by atoms with Crippen LogP contribution in [0, 0.1) is 0 Å². The summed E-state index contributed by atoms with van der Waals surface area (Å²) in [4.78, 5) is 3.65. The molecule has 1 aliphatic heterocycles. The average Bonchev–Trinajstić information content (AvgIpc) is 3.38. The Hall–Kier alpha value is -3.58. The van der Waals surface area contributed by atoms with Gasteiger partial charge in [-0.25, -0.2) is 8.42 Å². The van der Waals surface area contributed by atoms with E-state index in [4.69, 9.17) is 16.3 Å². The highest BCUT2D eigenvalue weighted by Crippen LogP contribution is 2.37. The minimum atomic E-state index is -3.64. The molecule has 38 heavy (non-hydrogen) atoms. The van der Waals surface area contributed by atoms with E-state index in [2.05, 4.69) is 41.5 Å². The molecule has 1 aliphatic rings. The van der Waals surface area contributed by atoms with Gasteiger partial charge in [0.1, 0.15) is 11.5 Å². The van der Waals surface area contributed by atoms with Crippen LogP contribution in [-0.2, 0) is 10.0 Å². The number of rotatable bonds is 6. The fraction of sp³-hybridized carbons (Fsp3) is 0.161. The predicted molar refractivity (Wildman–Crippen MR) is 152 cm³/mol. The number of sulfonamides is 1. The number of H-pyrrole nitrogens is 1. The molecule has 5 aromatic rings. The Bertz CT molecular complexity index is 1670. The van der Waals surface area contributed by atoms with Crippen LogP contribution in [0.2, 0.25) is 5.02 Å². The second-order valence-corrected chi connectivity index (χ2v) is 12.0. The molecule has 0 aliphatic carbocycles. The Balaban J connectivity index is 1.18. The molecule has 1 saturated heterocycles. The molecule has 1 aromatic heterocycles. The Morgan fingerprint density at radius 3 is 2.32 bits per heavy atom. The van der Waals surface area contributed by atoms with Gasteiger partial charge in [0.05, 0.1) is 4.90 Å². The summed E-state index contributed by atoms with van der Waals surface area (Å²) in [6.45, 7) is 0.945. The maximum atomic E-state index is 13.5. The third-order valence-electron chi connectivity index (χ3n) is 7.21. The first-order valence-corrected chi connectivity index (χ1v) is 14.5. The normalized spacial score (nSPS) is 15.1. The van der Waals surface area contributed by atoms with Crippen LogP contribution in [0.3, 0.4) is 0 Å². The van der Waals surface area contributed by atoms with Crippen molar-refractivity contribution in [2.45, 2.75) is 23.7 Å². The number of hydrogen-bond donors (Lipinski definition) is 1. The number of hydrogen-bond acceptors (Lipinski definition) is 3. The summed E-state index contributed by atoms with van der Waals surface area (Å²) in [5.41, 5.74) is 4.73. The van der Waals surface area contributed by atoms with Crippen molar-refractivity contribution in [3.8, 4) is 22.6 Å². The smallest absolute Gasteiger partial charge is 0.243 e. The standard InChI is InChI=1S/C31H27ClN2O3S/c32-25-10-12-26(13-11-25)37-27-7-4-8-28(20-27)38(35,36)34-17-15-23(16-18-34)30-21-33-31-14-9-24(19-29(30)31)22-5-2-1-3-6-22/h1-14,19-21,23,33H,15-18H2. The van der Waals surface area contributed by atoms with Crippen molar-refractivity contribution in [2.24, 2.45) is 0 Å². The molecule has 0 spiro atoms. The van der Waals surface area contributed by atoms with Crippen molar-refractivity contribution in [1.82, 2.24) is 9.29 Å². The van der Waals surface area contributed by atoms with Crippen molar-refractivity contribution in [1.29, 1.82) is 0 Å². The zero-order chi connectivity index (χ0) is 26.1. The molecule has 0 unspecified atom stereocenters. The van der Waals surface area contributed by atoms with Crippen LogP contribution in [0.4, 0.5) is 0 Å². The van der Waals surface area contributed by atoms with E-state index in [0.29, 0.717) is 35.5 Å². The Kier molecular flexibility index (Phi) is 6.70. The van der Waals surface area contributed by atoms with Crippen molar-refractivity contribution < 1.29 is 13.2 Å². The van der Waals surface area contributed by atoms with Crippen LogP contribution in [0.5, 0.6) is 11.5 Å². The summed E-state index contributed by atoms with van der Waals surface area (Å²) in [5.74, 6) is 1.36. The van der Waals surface area contributed by atoms with Crippen molar-refractivity contribution in [3.63, 3.8) is 0 Å². The quantitative estimate of drug-likeness (QED) is 0.237. The summed E-state index contributed by atoms with van der Waals surface area (Å²) < 4.78 is 34.4. The lowest BCUT2D eigenvalue weighted by Crippen LogP contribution is -2.37. The predicted octanol–water partition coefficient (Wildman–Crippen LogP) is 7.85. The minimum Gasteiger partial charge on any atom is -0.457 e. The average molecular weight is 543 g/mol. The van der Waals surface area contributed by atoms with Gasteiger partial charge in [0.25, 0.3) is 0 Å². The first-order valence-electron chi connectivity index (χ1n) is 12.7. The largest absolute Gasteiger partial charge is 0.457 e. The molecule has 5 nitrogen and oxygen atoms in total. The summed E-state index contributed by atoms with van der Waals surface area (Å²) in [6, 6.07) is 30.5. The van der Waals surface area contributed by atoms with Gasteiger partial charge in [-0.05, 0) is 84.0 Å². The number of fused-ring (bicyclic) bond motifs is 1. The number of piperidine rings is 1. The van der Waals surface area contributed by atoms with Crippen molar-refractivity contribution in [2.75, 3.05) is 13.1 Å². The molecule has 7 heteroatoms. The van der Waals surface area contributed by atoms with Gasteiger partial charge in [-0.1, -0.05) is 54.1 Å². The number of nitrogens with zero attached hydrogens (tertiary/aromatic N) is 1. The van der Waals surface area contributed by atoms with Gasteiger partial charge in [-0.3, -0.25) is 0 Å². The van der Waals surface area contributed by atoms with Crippen LogP contribution in [-0.4, -0.2) is 30.8 Å². The van der Waals surface area contributed by atoms with Crippen molar-refractivity contribution in [3.05, 3.63) is 114 Å². The van der Waals surface area contributed by atoms with E-state index in [1.165, 1.54) is 22.1 Å². The lowest BCUT2D eigenvalue weighted by atomic mass is 9.89. The van der Waals surface area contributed by atoms with Crippen LogP contribution >= 0.6 is 11.6 Å². The molecule has 0 saturated carbocycles. The minimum absolute atomic E-state index is 0.238. The molecule has 0 atom stereocenters. The summed E-state index contributed by atoms with van der Waals surface area (Å²) in [5, 5.41) is 1.82. The maximum Gasteiger partial charge on any atom is 0.243 e. The topological polar surface area (TPSA) is 62.4 Å². The van der Waals surface area contributed by atoms with E-state index >= 15 is 0 Å². The molecule has 4 aromatic carbocycles. The number of halogens is 1. The summed E-state index contributed by atoms with van der Waals surface area (Å²) >= 11 is 5.95. The number of aromatic amines is 1. The van der Waals surface area contributed by atoms with E-state index in [0.717, 1.165) is 18.4 Å². The highest BCUT2D eigenvalue weighted by molar-refractivity contribution is 7.89. The van der Waals surface area contributed by atoms with Crippen LogP contribution in [0.1, 0.15) is 24.3 Å². The Morgan fingerprint density at radius 1 is 0.789 bits per heavy atom. The molecule has 0 bridgehead atoms. The lowest BCUT2D eigenvalue weighted by Gasteiger charge is -2.31. The highest BCUT2D eigenvalue weighted by Gasteiger charge is 2.31. The summed E-state index contributed by atoms with van der Waals surface area (Å²) in [7, 11) is -3.64. The molecular weight excluding hydrogens is 516 g/mol. The van der Waals surface area contributed by atoms with Gasteiger partial charge < -0.3 is 9.72 Å². The first kappa shape index (κ1) is 24.7. The van der Waals surface area contributed by atoms with Gasteiger partial charge in [0.2, 0.25) is 10.0 Å². The van der Waals surface area contributed by atoms with Gasteiger partial charge >= 0.3 is 0 Å². The molecule has 0 amide bonds. The first-order chi connectivity index (χ1) is 18.5. The van der Waals surface area contributed by atoms with E-state index in [-0.39, 0.29) is 4.90 Å². The molecular formula is C31H27ClN2O3S. The molecule has 6 rings (SSSR count). The molecule has 2 heterocycles. The second-order valence-electron chi connectivity index (χ2n) is 9.58.